The van der Waals surface area contributed by atoms with Gasteiger partial charge in [-0.1, -0.05) is 38.8 Å². The van der Waals surface area contributed by atoms with Gasteiger partial charge in [0.05, 0.1) is 26.4 Å². The third kappa shape index (κ3) is 19.7. The van der Waals surface area contributed by atoms with Crippen LogP contribution in [0.15, 0.2) is 24.3 Å². The largest absolute Gasteiger partial charge is 0.465 e. The molecule has 0 radical (unpaired) electrons. The van der Waals surface area contributed by atoms with Crippen molar-refractivity contribution in [1.29, 1.82) is 0 Å². The van der Waals surface area contributed by atoms with Crippen LogP contribution in [0.2, 0.25) is 0 Å². The van der Waals surface area contributed by atoms with Gasteiger partial charge in [0, 0.05) is 11.1 Å². The molecule has 0 amide bonds. The van der Waals surface area contributed by atoms with E-state index in [0.29, 0.717) is 30.8 Å². The van der Waals surface area contributed by atoms with Crippen molar-refractivity contribution in [3.8, 4) is 0 Å². The normalized spacial score (nSPS) is 10.2. The van der Waals surface area contributed by atoms with Crippen molar-refractivity contribution in [3.05, 3.63) is 24.3 Å². The van der Waals surface area contributed by atoms with E-state index in [2.05, 4.69) is 13.2 Å². The highest BCUT2D eigenvalue weighted by Gasteiger charge is 2.11. The number of rotatable bonds is 20. The molecule has 0 aliphatic rings. The van der Waals surface area contributed by atoms with Gasteiger partial charge in [-0.25, -0.2) is 9.59 Å². The second-order valence-corrected chi connectivity index (χ2v) is 7.99. The summed E-state index contributed by atoms with van der Waals surface area (Å²) in [5.41, 5.74) is 0.790. The summed E-state index contributed by atoms with van der Waals surface area (Å²) in [6.45, 7) is 11.6. The first-order valence-electron chi connectivity index (χ1n) is 11.7. The van der Waals surface area contributed by atoms with Gasteiger partial charge in [-0.05, 0) is 52.4 Å². The molecule has 0 N–H and O–H groups in total. The smallest absolute Gasteiger partial charge is 0.333 e. The van der Waals surface area contributed by atoms with Gasteiger partial charge >= 0.3 is 23.9 Å². The molecule has 0 bridgehead atoms. The fourth-order valence-electron chi connectivity index (χ4n) is 2.64. The van der Waals surface area contributed by atoms with Crippen molar-refractivity contribution in [2.24, 2.45) is 0 Å². The van der Waals surface area contributed by atoms with E-state index < -0.39 is 11.9 Å². The maximum absolute atomic E-state index is 11.7. The van der Waals surface area contributed by atoms with Crippen molar-refractivity contribution >= 4 is 23.9 Å². The van der Waals surface area contributed by atoms with Gasteiger partial charge in [0.2, 0.25) is 0 Å². The highest BCUT2D eigenvalue weighted by atomic mass is 16.6. The van der Waals surface area contributed by atoms with E-state index in [9.17, 15) is 19.2 Å². The second kappa shape index (κ2) is 20.0. The van der Waals surface area contributed by atoms with E-state index >= 15 is 0 Å². The molecule has 0 fully saturated rings. The Kier molecular flexibility index (Phi) is 18.4. The predicted molar refractivity (Wildman–Crippen MR) is 124 cm³/mol. The Morgan fingerprint density at radius 2 is 0.758 bits per heavy atom. The molecule has 0 rings (SSSR count). The summed E-state index contributed by atoms with van der Waals surface area (Å²) < 4.78 is 20.1. The molecule has 8 heteroatoms. The number of esters is 4. The Hall–Kier alpha value is -2.64. The first-order chi connectivity index (χ1) is 15.7. The zero-order chi connectivity index (χ0) is 24.9. The quantitative estimate of drug-likeness (QED) is 0.0839. The lowest BCUT2D eigenvalue weighted by molar-refractivity contribution is -0.154. The molecule has 0 saturated heterocycles. The van der Waals surface area contributed by atoms with Gasteiger partial charge in [0.15, 0.2) is 0 Å². The van der Waals surface area contributed by atoms with Gasteiger partial charge in [0.25, 0.3) is 0 Å². The summed E-state index contributed by atoms with van der Waals surface area (Å²) in [6.07, 6.45) is 8.22. The topological polar surface area (TPSA) is 105 Å². The minimum atomic E-state index is -0.581. The number of carbonyl (C=O) groups excluding carboxylic acids is 4. The summed E-state index contributed by atoms with van der Waals surface area (Å²) in [7, 11) is 0. The zero-order valence-corrected chi connectivity index (χ0v) is 20.3. The molecule has 0 saturated carbocycles. The minimum Gasteiger partial charge on any atom is -0.465 e. The van der Waals surface area contributed by atoms with Crippen LogP contribution < -0.4 is 0 Å². The van der Waals surface area contributed by atoms with E-state index in [1.165, 1.54) is 0 Å². The molecule has 0 aromatic rings. The van der Waals surface area contributed by atoms with Crippen LogP contribution in [0.3, 0.4) is 0 Å². The summed E-state index contributed by atoms with van der Waals surface area (Å²) in [4.78, 5) is 45.7. The molecule has 33 heavy (non-hydrogen) atoms. The fraction of sp³-hybridized carbons (Fsp3) is 0.680. The van der Waals surface area contributed by atoms with E-state index in [-0.39, 0.29) is 31.6 Å². The number of ether oxygens (including phenoxy) is 4. The van der Waals surface area contributed by atoms with Gasteiger partial charge in [-0.2, -0.15) is 0 Å². The fourth-order valence-corrected chi connectivity index (χ4v) is 2.64. The minimum absolute atomic E-state index is 0.254. The van der Waals surface area contributed by atoms with E-state index in [1.54, 1.807) is 13.8 Å². The molecular formula is C25H40O8. The molecule has 0 aromatic heterocycles. The molecule has 0 aliphatic heterocycles. The molecule has 188 valence electrons. The Morgan fingerprint density at radius 1 is 0.485 bits per heavy atom. The van der Waals surface area contributed by atoms with Crippen molar-refractivity contribution in [2.45, 2.75) is 84.5 Å². The van der Waals surface area contributed by atoms with E-state index in [1.807, 2.05) is 0 Å². The van der Waals surface area contributed by atoms with Crippen LogP contribution in [-0.2, 0) is 38.1 Å². The number of hydrogen-bond donors (Lipinski definition) is 0. The summed E-state index contributed by atoms with van der Waals surface area (Å²) >= 11 is 0. The molecular weight excluding hydrogens is 428 g/mol. The van der Waals surface area contributed by atoms with Crippen LogP contribution in [0.5, 0.6) is 0 Å². The molecule has 0 aliphatic carbocycles. The van der Waals surface area contributed by atoms with Crippen molar-refractivity contribution in [1.82, 2.24) is 0 Å². The lowest BCUT2D eigenvalue weighted by Crippen LogP contribution is -2.15. The van der Waals surface area contributed by atoms with Crippen LogP contribution in [0.4, 0.5) is 0 Å². The lowest BCUT2D eigenvalue weighted by Gasteiger charge is -2.07. The molecule has 8 nitrogen and oxygen atoms in total. The lowest BCUT2D eigenvalue weighted by atomic mass is 10.1. The number of hydrogen-bond acceptors (Lipinski definition) is 8. The first-order valence-corrected chi connectivity index (χ1v) is 11.7. The molecule has 0 spiro atoms. The van der Waals surface area contributed by atoms with Gasteiger partial charge in [-0.3, -0.25) is 9.59 Å². The predicted octanol–water partition coefficient (Wildman–Crippen LogP) is 4.60. The summed E-state index contributed by atoms with van der Waals surface area (Å²) in [5, 5.41) is 0. The van der Waals surface area contributed by atoms with Gasteiger partial charge in [-0.15, -0.1) is 0 Å². The van der Waals surface area contributed by atoms with Crippen LogP contribution >= 0.6 is 0 Å². The Morgan fingerprint density at radius 3 is 1.06 bits per heavy atom. The number of unbranched alkanes of at least 4 members (excludes halogenated alkanes) is 8. The molecule has 0 unspecified atom stereocenters. The third-order valence-electron chi connectivity index (χ3n) is 4.56. The average molecular weight is 469 g/mol. The second-order valence-electron chi connectivity index (χ2n) is 7.99. The Bertz CT molecular complexity index is 638. The Labute approximate surface area is 197 Å². The van der Waals surface area contributed by atoms with Crippen molar-refractivity contribution < 1.29 is 38.1 Å². The highest BCUT2D eigenvalue weighted by Crippen LogP contribution is 2.07. The molecule has 0 atom stereocenters. The maximum atomic E-state index is 11.7. The van der Waals surface area contributed by atoms with Crippen LogP contribution in [0, 0.1) is 0 Å². The van der Waals surface area contributed by atoms with Gasteiger partial charge < -0.3 is 18.9 Å². The maximum Gasteiger partial charge on any atom is 0.333 e. The van der Waals surface area contributed by atoms with Crippen LogP contribution in [-0.4, -0.2) is 50.3 Å². The average Bonchev–Trinajstić information content (AvgIpc) is 2.76. The monoisotopic (exact) mass is 468 g/mol. The summed E-state index contributed by atoms with van der Waals surface area (Å²) in [5.74, 6) is -1.88. The van der Waals surface area contributed by atoms with Gasteiger partial charge in [0.1, 0.15) is 6.42 Å². The van der Waals surface area contributed by atoms with E-state index in [0.717, 1.165) is 57.8 Å². The zero-order valence-electron chi connectivity index (χ0n) is 20.3. The van der Waals surface area contributed by atoms with Crippen LogP contribution in [0.1, 0.15) is 84.5 Å². The Balaban J connectivity index is 3.45. The third-order valence-corrected chi connectivity index (χ3v) is 4.56. The SMILES string of the molecule is C=C(C)C(=O)OCCCCCCCCOC(=O)CC(=O)OCCCCCCOC(=O)C(=C)C. The standard InChI is InChI=1S/C25H40O8/c1-20(2)24(28)32-17-13-8-6-5-7-11-15-30-22(26)19-23(27)31-16-12-9-10-14-18-33-25(29)21(3)4/h1,3,5-19H2,2,4H3. The number of carbonyl (C=O) groups is 4. The molecule has 0 aromatic carbocycles. The highest BCUT2D eigenvalue weighted by molar-refractivity contribution is 5.91. The van der Waals surface area contributed by atoms with E-state index in [4.69, 9.17) is 18.9 Å². The van der Waals surface area contributed by atoms with Crippen LogP contribution in [0.25, 0.3) is 0 Å². The van der Waals surface area contributed by atoms with Crippen molar-refractivity contribution in [2.75, 3.05) is 26.4 Å². The molecule has 0 heterocycles. The van der Waals surface area contributed by atoms with Crippen molar-refractivity contribution in [3.63, 3.8) is 0 Å². The first kappa shape index (κ1) is 30.4. The summed E-state index contributed by atoms with van der Waals surface area (Å²) in [6, 6.07) is 0.